The van der Waals surface area contributed by atoms with E-state index >= 15 is 0 Å². The van der Waals surface area contributed by atoms with E-state index in [-0.39, 0.29) is 10.8 Å². The molecule has 0 fully saturated rings. The fraction of sp³-hybridized carbons (Fsp3) is 0.240. The van der Waals surface area contributed by atoms with Gasteiger partial charge in [0.1, 0.15) is 5.75 Å². The van der Waals surface area contributed by atoms with Gasteiger partial charge in [-0.15, -0.1) is 0 Å². The third kappa shape index (κ3) is 4.84. The lowest BCUT2D eigenvalue weighted by molar-refractivity contribution is 0.0942. The van der Waals surface area contributed by atoms with E-state index in [1.807, 2.05) is 54.6 Å². The molecule has 0 spiro atoms. The molecule has 6 nitrogen and oxygen atoms in total. The summed E-state index contributed by atoms with van der Waals surface area (Å²) in [7, 11) is 0.871. The molecular weight excluding hydrogens is 424 g/mol. The van der Waals surface area contributed by atoms with Crippen LogP contribution in [0.1, 0.15) is 38.7 Å². The largest absolute Gasteiger partial charge is 0.497 e. The number of sulfonamides is 1. The van der Waals surface area contributed by atoms with Crippen molar-refractivity contribution < 1.29 is 17.9 Å². The first-order valence-electron chi connectivity index (χ1n) is 10.2. The Bertz CT molecular complexity index is 1200. The Hall–Kier alpha value is -3.16. The molecule has 3 aromatic rings. The summed E-state index contributed by atoms with van der Waals surface area (Å²) in [6.45, 7) is 3.55. The van der Waals surface area contributed by atoms with Crippen molar-refractivity contribution in [2.24, 2.45) is 0 Å². The molecule has 0 aliphatic rings. The number of amides is 1. The van der Waals surface area contributed by atoms with Crippen LogP contribution in [0.2, 0.25) is 0 Å². The second kappa shape index (κ2) is 9.54. The van der Waals surface area contributed by atoms with Crippen molar-refractivity contribution in [1.29, 1.82) is 0 Å². The smallest absolute Gasteiger partial charge is 0.252 e. The van der Waals surface area contributed by atoms with Crippen LogP contribution in [0.5, 0.6) is 5.75 Å². The Morgan fingerprint density at radius 3 is 2.09 bits per heavy atom. The Morgan fingerprint density at radius 1 is 0.938 bits per heavy atom. The summed E-state index contributed by atoms with van der Waals surface area (Å²) in [5, 5.41) is 3.07. The minimum atomic E-state index is -3.69. The highest BCUT2D eigenvalue weighted by atomic mass is 32.2. The van der Waals surface area contributed by atoms with Crippen molar-refractivity contribution in [3.05, 3.63) is 94.5 Å². The molecule has 1 amide bonds. The van der Waals surface area contributed by atoms with E-state index in [4.69, 9.17) is 4.74 Å². The van der Waals surface area contributed by atoms with Gasteiger partial charge in [-0.2, -0.15) is 0 Å². The summed E-state index contributed by atoms with van der Waals surface area (Å²) >= 11 is 0. The summed E-state index contributed by atoms with van der Waals surface area (Å²) in [4.78, 5) is 13.4. The predicted molar refractivity (Wildman–Crippen MR) is 126 cm³/mol. The van der Waals surface area contributed by atoms with Gasteiger partial charge in [0, 0.05) is 19.7 Å². The van der Waals surface area contributed by atoms with Crippen LogP contribution < -0.4 is 10.1 Å². The molecular formula is C25H28N2O4S. The van der Waals surface area contributed by atoms with Gasteiger partial charge in [-0.3, -0.25) is 4.79 Å². The van der Waals surface area contributed by atoms with E-state index in [1.165, 1.54) is 20.2 Å². The first-order valence-corrected chi connectivity index (χ1v) is 11.6. The summed E-state index contributed by atoms with van der Waals surface area (Å²) in [6.07, 6.45) is 0. The van der Waals surface area contributed by atoms with E-state index in [2.05, 4.69) is 5.32 Å². The van der Waals surface area contributed by atoms with Crippen molar-refractivity contribution in [2.75, 3.05) is 21.2 Å². The number of rotatable bonds is 7. The molecule has 0 aliphatic heterocycles. The fourth-order valence-electron chi connectivity index (χ4n) is 3.44. The van der Waals surface area contributed by atoms with Crippen LogP contribution in [0.15, 0.2) is 71.6 Å². The van der Waals surface area contributed by atoms with Crippen molar-refractivity contribution >= 4 is 15.9 Å². The number of aryl methyl sites for hydroxylation is 1. The molecule has 0 saturated carbocycles. The number of benzene rings is 3. The van der Waals surface area contributed by atoms with Gasteiger partial charge in [0.2, 0.25) is 10.0 Å². The number of nitrogens with one attached hydrogen (secondary N) is 1. The zero-order valence-corrected chi connectivity index (χ0v) is 19.7. The van der Waals surface area contributed by atoms with E-state index in [9.17, 15) is 13.2 Å². The molecule has 1 unspecified atom stereocenters. The van der Waals surface area contributed by atoms with E-state index in [0.29, 0.717) is 11.1 Å². The van der Waals surface area contributed by atoms with Gasteiger partial charge in [0.25, 0.3) is 5.91 Å². The van der Waals surface area contributed by atoms with Crippen LogP contribution in [0.3, 0.4) is 0 Å². The Labute approximate surface area is 189 Å². The topological polar surface area (TPSA) is 75.7 Å². The summed E-state index contributed by atoms with van der Waals surface area (Å²) in [6, 6.07) is 19.9. The maximum absolute atomic E-state index is 13.3. The summed E-state index contributed by atoms with van der Waals surface area (Å²) < 4.78 is 32.0. The molecule has 1 N–H and O–H groups in total. The normalized spacial score (nSPS) is 12.4. The van der Waals surface area contributed by atoms with Crippen molar-refractivity contribution in [3.63, 3.8) is 0 Å². The fourth-order valence-corrected chi connectivity index (χ4v) is 4.66. The predicted octanol–water partition coefficient (Wildman–Crippen LogP) is 4.08. The first-order chi connectivity index (χ1) is 15.1. The number of carbonyl (C=O) groups is 1. The number of hydrogen-bond donors (Lipinski definition) is 1. The lowest BCUT2D eigenvalue weighted by atomic mass is 9.97. The van der Waals surface area contributed by atoms with Crippen LogP contribution >= 0.6 is 0 Å². The van der Waals surface area contributed by atoms with E-state index in [0.717, 1.165) is 26.7 Å². The lowest BCUT2D eigenvalue weighted by Crippen LogP contribution is -2.30. The second-order valence-electron chi connectivity index (χ2n) is 7.79. The quantitative estimate of drug-likeness (QED) is 0.586. The molecule has 168 valence electrons. The number of methoxy groups -OCH3 is 1. The monoisotopic (exact) mass is 452 g/mol. The molecule has 32 heavy (non-hydrogen) atoms. The lowest BCUT2D eigenvalue weighted by Gasteiger charge is -2.21. The van der Waals surface area contributed by atoms with Gasteiger partial charge >= 0.3 is 0 Å². The van der Waals surface area contributed by atoms with E-state index < -0.39 is 16.1 Å². The molecule has 0 aromatic heterocycles. The van der Waals surface area contributed by atoms with Crippen LogP contribution in [0.25, 0.3) is 0 Å². The molecule has 3 rings (SSSR count). The molecule has 0 radical (unpaired) electrons. The van der Waals surface area contributed by atoms with Gasteiger partial charge in [-0.05, 0) is 60.4 Å². The number of carbonyl (C=O) groups excluding carboxylic acids is 1. The zero-order valence-electron chi connectivity index (χ0n) is 18.9. The Morgan fingerprint density at radius 2 is 1.53 bits per heavy atom. The average molecular weight is 453 g/mol. The number of ether oxygens (including phenoxy) is 1. The van der Waals surface area contributed by atoms with Crippen LogP contribution in [0, 0.1) is 13.8 Å². The maximum atomic E-state index is 13.3. The zero-order chi connectivity index (χ0) is 23.5. The molecule has 3 aromatic carbocycles. The molecule has 0 heterocycles. The van der Waals surface area contributed by atoms with Gasteiger partial charge in [0.05, 0.1) is 18.0 Å². The van der Waals surface area contributed by atoms with Crippen molar-refractivity contribution in [1.82, 2.24) is 9.62 Å². The summed E-state index contributed by atoms with van der Waals surface area (Å²) in [5.41, 5.74) is 3.46. The molecule has 0 bridgehead atoms. The third-order valence-corrected chi connectivity index (χ3v) is 7.44. The molecule has 1 atom stereocenters. The third-order valence-electron chi connectivity index (χ3n) is 5.50. The van der Waals surface area contributed by atoms with E-state index in [1.54, 1.807) is 27.0 Å². The Kier molecular flexibility index (Phi) is 7.01. The molecule has 0 saturated heterocycles. The average Bonchev–Trinajstić information content (AvgIpc) is 2.79. The van der Waals surface area contributed by atoms with Crippen LogP contribution in [-0.4, -0.2) is 39.8 Å². The minimum absolute atomic E-state index is 0.133. The maximum Gasteiger partial charge on any atom is 0.252 e. The molecule has 7 heteroatoms. The van der Waals surface area contributed by atoms with Gasteiger partial charge < -0.3 is 10.1 Å². The highest BCUT2D eigenvalue weighted by Crippen LogP contribution is 2.27. The second-order valence-corrected chi connectivity index (χ2v) is 9.91. The summed E-state index contributed by atoms with van der Waals surface area (Å²) in [5.74, 6) is 0.368. The standard InChI is InChI=1S/C25H28N2O4S/c1-17-15-21(16-23(18(17)2)32(29,30)27(3)4)25(28)26-24(19-9-7-6-8-10-19)20-11-13-22(31-5)14-12-20/h6-16,24H,1-5H3,(H,26,28). The molecule has 0 aliphatic carbocycles. The van der Waals surface area contributed by atoms with Gasteiger partial charge in [-0.25, -0.2) is 12.7 Å². The highest BCUT2D eigenvalue weighted by Gasteiger charge is 2.24. The van der Waals surface area contributed by atoms with Crippen LogP contribution in [0.4, 0.5) is 0 Å². The SMILES string of the molecule is COc1ccc(C(NC(=O)c2cc(C)c(C)c(S(=O)(=O)N(C)C)c2)c2ccccc2)cc1. The Balaban J connectivity index is 2.02. The minimum Gasteiger partial charge on any atom is -0.497 e. The number of hydrogen-bond acceptors (Lipinski definition) is 4. The van der Waals surface area contributed by atoms with Crippen molar-refractivity contribution in [3.8, 4) is 5.75 Å². The first kappa shape index (κ1) is 23.5. The van der Waals surface area contributed by atoms with Gasteiger partial charge in [-0.1, -0.05) is 42.5 Å². The van der Waals surface area contributed by atoms with Gasteiger partial charge in [0.15, 0.2) is 0 Å². The number of nitrogens with zero attached hydrogens (tertiary/aromatic N) is 1. The van der Waals surface area contributed by atoms with Crippen molar-refractivity contribution in [2.45, 2.75) is 24.8 Å². The highest BCUT2D eigenvalue weighted by molar-refractivity contribution is 7.89. The van der Waals surface area contributed by atoms with Crippen LogP contribution in [-0.2, 0) is 10.0 Å².